The van der Waals surface area contributed by atoms with Crippen molar-refractivity contribution in [3.63, 3.8) is 0 Å². The molecule has 0 unspecified atom stereocenters. The Balaban J connectivity index is -0.0000000327. The summed E-state index contributed by atoms with van der Waals surface area (Å²) in [6, 6.07) is 10.9. The van der Waals surface area contributed by atoms with Gasteiger partial charge in [-0.3, -0.25) is 0 Å². The molecule has 0 aliphatic carbocycles. The van der Waals surface area contributed by atoms with Crippen molar-refractivity contribution in [1.29, 1.82) is 0 Å². The fourth-order valence-corrected chi connectivity index (χ4v) is 0.483. The summed E-state index contributed by atoms with van der Waals surface area (Å²) in [6.07, 6.45) is 0. The molecule has 4 nitrogen and oxygen atoms in total. The number of aryl methyl sites for hydroxylation is 1. The van der Waals surface area contributed by atoms with Gasteiger partial charge in [0.05, 0.1) is 0 Å². The SMILES string of the molecule is Cc1[c-]cccc1.[Mo].[NH2-].[NH2-].[NH2-].[NH2-]. The molecule has 0 atom stereocenters. The first-order chi connectivity index (χ1) is 3.39. The number of benzene rings is 1. The van der Waals surface area contributed by atoms with Crippen molar-refractivity contribution in [1.82, 2.24) is 0 Å². The summed E-state index contributed by atoms with van der Waals surface area (Å²) in [7, 11) is 0. The minimum absolute atomic E-state index is 0. The minimum Gasteiger partial charge on any atom is -0.693 e. The summed E-state index contributed by atoms with van der Waals surface area (Å²) in [5.74, 6) is 0. The Kier molecular flexibility index (Phi) is 42.3. The van der Waals surface area contributed by atoms with Crippen LogP contribution in [0.4, 0.5) is 0 Å². The average Bonchev–Trinajstić information content (AvgIpc) is 1.69. The predicted octanol–water partition coefficient (Wildman–Crippen LogP) is 4.66. The molecule has 0 saturated heterocycles. The van der Waals surface area contributed by atoms with E-state index < -0.39 is 0 Å². The molecule has 0 bridgehead atoms. The van der Waals surface area contributed by atoms with Crippen molar-refractivity contribution in [3.8, 4) is 0 Å². The fraction of sp³-hybridized carbons (Fsp3) is 0.143. The van der Waals surface area contributed by atoms with Crippen LogP contribution in [0.25, 0.3) is 24.6 Å². The molecule has 8 N–H and O–H groups in total. The van der Waals surface area contributed by atoms with Crippen LogP contribution >= 0.6 is 0 Å². The zero-order chi connectivity index (χ0) is 5.11. The first-order valence-corrected chi connectivity index (χ1v) is 2.33. The summed E-state index contributed by atoms with van der Waals surface area (Å²) >= 11 is 0. The number of hydrogen-bond donors (Lipinski definition) is 0. The first-order valence-electron chi connectivity index (χ1n) is 2.33. The maximum absolute atomic E-state index is 3.03. The number of nitrogens with two attached hydrogens (primary N) is 4. The zero-order valence-electron chi connectivity index (χ0n) is 7.03. The van der Waals surface area contributed by atoms with E-state index >= 15 is 0 Å². The van der Waals surface area contributed by atoms with Crippen LogP contribution in [-0.4, -0.2) is 0 Å². The Morgan fingerprint density at radius 1 is 1.00 bits per heavy atom. The van der Waals surface area contributed by atoms with Gasteiger partial charge in [0.1, 0.15) is 0 Å². The van der Waals surface area contributed by atoms with Gasteiger partial charge in [0.15, 0.2) is 0 Å². The molecule has 0 radical (unpaired) electrons. The third-order valence-electron chi connectivity index (χ3n) is 0.865. The Morgan fingerprint density at radius 3 is 1.67 bits per heavy atom. The average molecular weight is 251 g/mol. The van der Waals surface area contributed by atoms with Gasteiger partial charge in [-0.25, -0.2) is 0 Å². The van der Waals surface area contributed by atoms with Crippen molar-refractivity contribution < 1.29 is 21.1 Å². The molecule has 1 aromatic rings. The van der Waals surface area contributed by atoms with Gasteiger partial charge < -0.3 is 24.6 Å². The van der Waals surface area contributed by atoms with E-state index in [-0.39, 0.29) is 45.7 Å². The molecule has 0 amide bonds. The molecule has 0 spiro atoms. The van der Waals surface area contributed by atoms with Crippen molar-refractivity contribution in [2.24, 2.45) is 0 Å². The zero-order valence-corrected chi connectivity index (χ0v) is 9.03. The summed E-state index contributed by atoms with van der Waals surface area (Å²) in [5.41, 5.74) is 1.20. The molecule has 0 heterocycles. The van der Waals surface area contributed by atoms with Crippen molar-refractivity contribution in [2.75, 3.05) is 0 Å². The quantitative estimate of drug-likeness (QED) is 0.468. The smallest absolute Gasteiger partial charge is 0 e. The van der Waals surface area contributed by atoms with Gasteiger partial charge in [-0.05, 0) is 0 Å². The molecule has 1 aromatic carbocycles. The van der Waals surface area contributed by atoms with Crippen LogP contribution in [0.1, 0.15) is 5.56 Å². The molecule has 0 aliphatic heterocycles. The monoisotopic (exact) mass is 253 g/mol. The summed E-state index contributed by atoms with van der Waals surface area (Å²) in [6.45, 7) is 2.03. The first kappa shape index (κ1) is 29.8. The van der Waals surface area contributed by atoms with E-state index in [0.29, 0.717) is 0 Å². The standard InChI is InChI=1S/C7H7.Mo.4H2N/c1-7-5-3-2-4-6-7;;;;;/h2-5H,1H3;;4*1H2/q-1;;4*-1. The van der Waals surface area contributed by atoms with E-state index in [1.807, 2.05) is 31.2 Å². The van der Waals surface area contributed by atoms with Crippen LogP contribution in [0, 0.1) is 13.0 Å². The molecule has 0 fully saturated rings. The minimum atomic E-state index is 0. The number of hydrogen-bond acceptors (Lipinski definition) is 0. The Bertz CT molecular complexity index is 145. The largest absolute Gasteiger partial charge is 0.693 e. The summed E-state index contributed by atoms with van der Waals surface area (Å²) in [5, 5.41) is 0. The molecule has 1 rings (SSSR count). The summed E-state index contributed by atoms with van der Waals surface area (Å²) in [4.78, 5) is 0. The van der Waals surface area contributed by atoms with E-state index in [2.05, 4.69) is 6.07 Å². The Labute approximate surface area is 88.7 Å². The van der Waals surface area contributed by atoms with Crippen molar-refractivity contribution in [2.45, 2.75) is 6.92 Å². The molecule has 12 heavy (non-hydrogen) atoms. The van der Waals surface area contributed by atoms with Gasteiger partial charge in [0, 0.05) is 21.1 Å². The molecular formula is C7H15MoN4-5. The van der Waals surface area contributed by atoms with Gasteiger partial charge >= 0.3 is 0 Å². The summed E-state index contributed by atoms with van der Waals surface area (Å²) < 4.78 is 0. The van der Waals surface area contributed by atoms with Crippen LogP contribution in [0.5, 0.6) is 0 Å². The van der Waals surface area contributed by atoms with Gasteiger partial charge in [-0.15, -0.1) is 0 Å². The second kappa shape index (κ2) is 17.0. The van der Waals surface area contributed by atoms with Gasteiger partial charge in [0.2, 0.25) is 0 Å². The predicted molar refractivity (Wildman–Crippen MR) is 51.2 cm³/mol. The van der Waals surface area contributed by atoms with E-state index in [1.54, 1.807) is 0 Å². The second-order valence-electron chi connectivity index (χ2n) is 1.55. The molecular weight excluding hydrogens is 236 g/mol. The molecule has 5 heteroatoms. The maximum atomic E-state index is 3.03. The number of rotatable bonds is 0. The van der Waals surface area contributed by atoms with Gasteiger partial charge in [-0.1, -0.05) is 6.92 Å². The normalized spacial score (nSPS) is 5.08. The fourth-order valence-electron chi connectivity index (χ4n) is 0.483. The molecule has 0 saturated carbocycles. The molecule has 0 aromatic heterocycles. The molecule has 0 aliphatic rings. The van der Waals surface area contributed by atoms with Crippen LogP contribution in [0.2, 0.25) is 0 Å². The maximum Gasteiger partial charge on any atom is 0 e. The molecule has 74 valence electrons. The van der Waals surface area contributed by atoms with Crippen LogP contribution in [0.3, 0.4) is 0 Å². The van der Waals surface area contributed by atoms with Crippen molar-refractivity contribution in [3.05, 3.63) is 60.5 Å². The second-order valence-corrected chi connectivity index (χ2v) is 1.55. The third-order valence-corrected chi connectivity index (χ3v) is 0.865. The Morgan fingerprint density at radius 2 is 1.50 bits per heavy atom. The van der Waals surface area contributed by atoms with Crippen LogP contribution in [-0.2, 0) is 21.1 Å². The Hall–Kier alpha value is -0.252. The van der Waals surface area contributed by atoms with E-state index in [4.69, 9.17) is 0 Å². The van der Waals surface area contributed by atoms with Crippen LogP contribution in [0.15, 0.2) is 24.3 Å². The van der Waals surface area contributed by atoms with E-state index in [0.717, 1.165) is 0 Å². The third kappa shape index (κ3) is 12.4. The van der Waals surface area contributed by atoms with Crippen molar-refractivity contribution >= 4 is 0 Å². The topological polar surface area (TPSA) is 134 Å². The van der Waals surface area contributed by atoms with Gasteiger partial charge in [0.25, 0.3) is 0 Å². The van der Waals surface area contributed by atoms with E-state index in [9.17, 15) is 0 Å². The van der Waals surface area contributed by atoms with Crippen LogP contribution < -0.4 is 0 Å². The van der Waals surface area contributed by atoms with Gasteiger partial charge in [-0.2, -0.15) is 35.9 Å². The van der Waals surface area contributed by atoms with E-state index in [1.165, 1.54) is 5.56 Å².